The van der Waals surface area contributed by atoms with Crippen LogP contribution >= 0.6 is 0 Å². The summed E-state index contributed by atoms with van der Waals surface area (Å²) in [6, 6.07) is 0. The molecule has 0 N–H and O–H groups in total. The van der Waals surface area contributed by atoms with E-state index in [-0.39, 0.29) is 11.6 Å². The lowest BCUT2D eigenvalue weighted by molar-refractivity contribution is -0.0437. The Kier molecular flexibility index (Phi) is 5.40. The maximum atomic E-state index is 14.7. The molecular weight excluding hydrogens is 326 g/mol. The quantitative estimate of drug-likeness (QED) is 0.594. The number of methoxy groups -OCH3 is 1. The highest BCUT2D eigenvalue weighted by atomic mass is 19.3. The lowest BCUT2D eigenvalue weighted by Gasteiger charge is -2.37. The van der Waals surface area contributed by atoms with Gasteiger partial charge in [0.25, 0.3) is 5.92 Å². The van der Waals surface area contributed by atoms with E-state index >= 15 is 0 Å². The van der Waals surface area contributed by atoms with E-state index in [1.807, 2.05) is 6.92 Å². The number of esters is 1. The minimum atomic E-state index is -2.98. The predicted octanol–water partition coefficient (Wildman–Crippen LogP) is 4.47. The highest BCUT2D eigenvalue weighted by Crippen LogP contribution is 2.48. The van der Waals surface area contributed by atoms with Crippen molar-refractivity contribution in [3.05, 3.63) is 41.0 Å². The van der Waals surface area contributed by atoms with E-state index in [0.29, 0.717) is 29.8 Å². The number of fused-ring (bicyclic) bond motifs is 1. The first kappa shape index (κ1) is 19.2. The van der Waals surface area contributed by atoms with Crippen molar-refractivity contribution >= 4 is 12.0 Å². The lowest BCUT2D eigenvalue weighted by atomic mass is 9.72. The van der Waals surface area contributed by atoms with Crippen LogP contribution in [-0.2, 0) is 11.2 Å². The molecule has 1 heterocycles. The number of halogens is 2. The number of allylic oxidation sites excluding steroid dienone is 3. The maximum absolute atomic E-state index is 14.7. The van der Waals surface area contributed by atoms with Gasteiger partial charge >= 0.3 is 5.97 Å². The Balaban J connectivity index is 2.52. The first-order chi connectivity index (χ1) is 11.6. The second-order valence-corrected chi connectivity index (χ2v) is 6.87. The van der Waals surface area contributed by atoms with E-state index in [1.165, 1.54) is 19.4 Å². The number of alkyl halides is 2. The average molecular weight is 350 g/mol. The molecule has 0 saturated carbocycles. The molecule has 0 radical (unpaired) electrons. The molecule has 1 aliphatic carbocycles. The molecule has 0 spiro atoms. The molecule has 1 atom stereocenters. The van der Waals surface area contributed by atoms with Crippen molar-refractivity contribution in [1.82, 2.24) is 9.97 Å². The summed E-state index contributed by atoms with van der Waals surface area (Å²) in [4.78, 5) is 20.2. The van der Waals surface area contributed by atoms with Gasteiger partial charge in [0.1, 0.15) is 0 Å². The van der Waals surface area contributed by atoms with Crippen LogP contribution in [-0.4, -0.2) is 29.0 Å². The molecule has 0 saturated heterocycles. The number of nitrogens with zero attached hydrogens (tertiary/aromatic N) is 2. The van der Waals surface area contributed by atoms with Gasteiger partial charge in [-0.05, 0) is 51.7 Å². The summed E-state index contributed by atoms with van der Waals surface area (Å²) in [5, 5.41) is 0. The summed E-state index contributed by atoms with van der Waals surface area (Å²) < 4.78 is 34.0. The molecule has 1 aliphatic rings. The molecule has 0 aromatic carbocycles. The number of ether oxygens (including phenoxy) is 1. The summed E-state index contributed by atoms with van der Waals surface area (Å²) in [7, 11) is 1.28. The van der Waals surface area contributed by atoms with Crippen molar-refractivity contribution in [3.63, 3.8) is 0 Å². The van der Waals surface area contributed by atoms with Crippen molar-refractivity contribution in [1.29, 1.82) is 0 Å². The predicted molar refractivity (Wildman–Crippen MR) is 92.4 cm³/mol. The topological polar surface area (TPSA) is 52.1 Å². The molecule has 6 heteroatoms. The van der Waals surface area contributed by atoms with Gasteiger partial charge in [0.05, 0.1) is 30.1 Å². The first-order valence-corrected chi connectivity index (χ1v) is 8.32. The van der Waals surface area contributed by atoms with Crippen molar-refractivity contribution in [3.8, 4) is 0 Å². The fourth-order valence-electron chi connectivity index (χ4n) is 3.15. The third-order valence-electron chi connectivity index (χ3n) is 4.84. The molecule has 0 aliphatic heterocycles. The number of aryl methyl sites for hydroxylation is 1. The molecule has 1 aromatic heterocycles. The molecule has 136 valence electrons. The monoisotopic (exact) mass is 350 g/mol. The van der Waals surface area contributed by atoms with E-state index in [0.717, 1.165) is 6.08 Å². The first-order valence-electron chi connectivity index (χ1n) is 8.32. The van der Waals surface area contributed by atoms with Gasteiger partial charge in [-0.2, -0.15) is 0 Å². The smallest absolute Gasteiger partial charge is 0.358 e. The molecular formula is C19H24F2N2O2. The highest BCUT2D eigenvalue weighted by molar-refractivity contribution is 5.86. The number of carbonyl (C=O) groups is 1. The van der Waals surface area contributed by atoms with Crippen LogP contribution in [0.2, 0.25) is 0 Å². The van der Waals surface area contributed by atoms with Gasteiger partial charge in [0, 0.05) is 0 Å². The third kappa shape index (κ3) is 3.62. The Hall–Kier alpha value is -2.11. The fraction of sp³-hybridized carbons (Fsp3) is 0.526. The number of hydrogen-bond acceptors (Lipinski definition) is 4. The van der Waals surface area contributed by atoms with Crippen molar-refractivity contribution in [2.45, 2.75) is 46.5 Å². The van der Waals surface area contributed by atoms with Gasteiger partial charge in [-0.25, -0.2) is 18.6 Å². The van der Waals surface area contributed by atoms with Crippen LogP contribution in [0.3, 0.4) is 0 Å². The minimum Gasteiger partial charge on any atom is -0.464 e. The van der Waals surface area contributed by atoms with Gasteiger partial charge in [0.2, 0.25) is 0 Å². The van der Waals surface area contributed by atoms with Crippen LogP contribution in [0.25, 0.3) is 6.08 Å². The molecule has 2 rings (SSSR count). The Morgan fingerprint density at radius 3 is 2.68 bits per heavy atom. The molecule has 0 fully saturated rings. The third-order valence-corrected chi connectivity index (χ3v) is 4.84. The van der Waals surface area contributed by atoms with Crippen LogP contribution in [0.4, 0.5) is 8.78 Å². The zero-order valence-corrected chi connectivity index (χ0v) is 15.3. The summed E-state index contributed by atoms with van der Waals surface area (Å²) in [6.07, 6.45) is 6.58. The normalized spacial score (nSPS) is 18.5. The highest BCUT2D eigenvalue weighted by Gasteiger charge is 2.48. The molecule has 1 unspecified atom stereocenters. The van der Waals surface area contributed by atoms with Gasteiger partial charge in [-0.3, -0.25) is 4.98 Å². The summed E-state index contributed by atoms with van der Waals surface area (Å²) in [6.45, 7) is 6.63. The van der Waals surface area contributed by atoms with Crippen LogP contribution < -0.4 is 0 Å². The van der Waals surface area contributed by atoms with E-state index < -0.39 is 17.3 Å². The molecule has 0 bridgehead atoms. The summed E-state index contributed by atoms with van der Waals surface area (Å²) in [5.41, 5.74) is 0.577. The summed E-state index contributed by atoms with van der Waals surface area (Å²) >= 11 is 0. The van der Waals surface area contributed by atoms with Crippen molar-refractivity contribution < 1.29 is 18.3 Å². The second-order valence-electron chi connectivity index (χ2n) is 6.87. The van der Waals surface area contributed by atoms with Crippen molar-refractivity contribution in [2.24, 2.45) is 11.3 Å². The zero-order valence-electron chi connectivity index (χ0n) is 15.3. The fourth-order valence-corrected chi connectivity index (χ4v) is 3.15. The van der Waals surface area contributed by atoms with Gasteiger partial charge in [0.15, 0.2) is 5.69 Å². The summed E-state index contributed by atoms with van der Waals surface area (Å²) in [5.74, 6) is -3.59. The molecule has 1 aromatic rings. The van der Waals surface area contributed by atoms with E-state index in [2.05, 4.69) is 14.7 Å². The van der Waals surface area contributed by atoms with Gasteiger partial charge < -0.3 is 4.74 Å². The minimum absolute atomic E-state index is 0.0521. The van der Waals surface area contributed by atoms with Crippen LogP contribution in [0.1, 0.15) is 56.0 Å². The maximum Gasteiger partial charge on any atom is 0.358 e. The van der Waals surface area contributed by atoms with Gasteiger partial charge in [-0.1, -0.05) is 18.6 Å². The average Bonchev–Trinajstić information content (AvgIpc) is 2.73. The van der Waals surface area contributed by atoms with Gasteiger partial charge in [-0.15, -0.1) is 0 Å². The van der Waals surface area contributed by atoms with E-state index in [9.17, 15) is 13.6 Å². The molecule has 4 nitrogen and oxygen atoms in total. The largest absolute Gasteiger partial charge is 0.464 e. The molecule has 25 heavy (non-hydrogen) atoms. The standard InChI is InChI=1S/C19H24F2N2O2/c1-6-9-19(20,21)18(3,4)13-10-15-14(8-7-12(13)2)23-16(11-22-15)17(24)25-5/h6,9-12H,7-8H2,1-5H3/b9-6+. The number of aromatic nitrogens is 2. The second kappa shape index (κ2) is 7.02. The van der Waals surface area contributed by atoms with Crippen LogP contribution in [0.15, 0.2) is 23.9 Å². The Morgan fingerprint density at radius 1 is 1.40 bits per heavy atom. The SMILES string of the molecule is C/C=C/C(F)(F)C(C)(C)C1=Cc2ncc(C(=O)OC)nc2CCC1C. The Labute approximate surface area is 147 Å². The van der Waals surface area contributed by atoms with E-state index in [1.54, 1.807) is 26.8 Å². The Morgan fingerprint density at radius 2 is 2.08 bits per heavy atom. The van der Waals surface area contributed by atoms with Crippen LogP contribution in [0, 0.1) is 11.3 Å². The number of rotatable bonds is 4. The van der Waals surface area contributed by atoms with E-state index in [4.69, 9.17) is 0 Å². The Bertz CT molecular complexity index is 724. The number of carbonyl (C=O) groups excluding carboxylic acids is 1. The zero-order chi connectivity index (χ0) is 18.8. The lowest BCUT2D eigenvalue weighted by Crippen LogP contribution is -2.38. The number of hydrogen-bond donors (Lipinski definition) is 0. The van der Waals surface area contributed by atoms with Crippen LogP contribution in [0.5, 0.6) is 0 Å². The van der Waals surface area contributed by atoms with Crippen molar-refractivity contribution in [2.75, 3.05) is 7.11 Å². The molecule has 0 amide bonds.